The van der Waals surface area contributed by atoms with Crippen molar-refractivity contribution in [3.05, 3.63) is 88.9 Å². The first-order valence-electron chi connectivity index (χ1n) is 9.09. The minimum Gasteiger partial charge on any atom is -0.439 e. The second-order valence-corrected chi connectivity index (χ2v) is 6.87. The van der Waals surface area contributed by atoms with Crippen molar-refractivity contribution in [2.75, 3.05) is 6.54 Å². The number of nitrogens with zero attached hydrogens (tertiary/aromatic N) is 2. The number of halogens is 1. The fourth-order valence-corrected chi connectivity index (χ4v) is 3.39. The first kappa shape index (κ1) is 18.1. The minimum absolute atomic E-state index is 0.200. The number of carbonyl (C=O) groups is 1. The lowest BCUT2D eigenvalue weighted by atomic mass is 9.99. The molecule has 2 heterocycles. The van der Waals surface area contributed by atoms with Crippen LogP contribution in [0, 0.1) is 5.82 Å². The number of rotatable bonds is 5. The second kappa shape index (κ2) is 7.78. The van der Waals surface area contributed by atoms with Gasteiger partial charge in [0.1, 0.15) is 11.6 Å². The molecule has 2 N–H and O–H groups in total. The molecule has 28 heavy (non-hydrogen) atoms. The van der Waals surface area contributed by atoms with E-state index in [-0.39, 0.29) is 5.82 Å². The SMILES string of the molecule is NC(=O)c1ccc(Oc2ccc3c(c2)CCN(Cc2cccc(F)c2)C3)nc1. The molecule has 0 atom stereocenters. The summed E-state index contributed by atoms with van der Waals surface area (Å²) < 4.78 is 19.2. The summed E-state index contributed by atoms with van der Waals surface area (Å²) in [6.45, 7) is 2.45. The van der Waals surface area contributed by atoms with Crippen molar-refractivity contribution in [2.45, 2.75) is 19.5 Å². The maximum Gasteiger partial charge on any atom is 0.250 e. The highest BCUT2D eigenvalue weighted by Crippen LogP contribution is 2.27. The third-order valence-corrected chi connectivity index (χ3v) is 4.81. The van der Waals surface area contributed by atoms with Gasteiger partial charge in [0.2, 0.25) is 11.8 Å². The van der Waals surface area contributed by atoms with Crippen LogP contribution in [0.3, 0.4) is 0 Å². The Balaban J connectivity index is 1.43. The zero-order valence-electron chi connectivity index (χ0n) is 15.3. The van der Waals surface area contributed by atoms with Gasteiger partial charge in [-0.1, -0.05) is 18.2 Å². The lowest BCUT2D eigenvalue weighted by Gasteiger charge is -2.29. The molecule has 0 spiro atoms. The third kappa shape index (κ3) is 4.18. The van der Waals surface area contributed by atoms with Crippen molar-refractivity contribution in [1.29, 1.82) is 0 Å². The molecule has 0 aliphatic carbocycles. The summed E-state index contributed by atoms with van der Waals surface area (Å²) in [7, 11) is 0. The Hall–Kier alpha value is -3.25. The fourth-order valence-electron chi connectivity index (χ4n) is 3.39. The monoisotopic (exact) mass is 377 g/mol. The summed E-state index contributed by atoms with van der Waals surface area (Å²) in [4.78, 5) is 17.5. The van der Waals surface area contributed by atoms with Crippen molar-refractivity contribution in [1.82, 2.24) is 9.88 Å². The zero-order chi connectivity index (χ0) is 19.5. The Bertz CT molecular complexity index is 1000. The van der Waals surface area contributed by atoms with Crippen LogP contribution in [-0.4, -0.2) is 22.3 Å². The van der Waals surface area contributed by atoms with E-state index in [1.165, 1.54) is 23.4 Å². The van der Waals surface area contributed by atoms with Gasteiger partial charge >= 0.3 is 0 Å². The topological polar surface area (TPSA) is 68.5 Å². The molecule has 3 aromatic rings. The number of pyridine rings is 1. The molecule has 0 saturated heterocycles. The van der Waals surface area contributed by atoms with Gasteiger partial charge in [-0.2, -0.15) is 0 Å². The number of ether oxygens (including phenoxy) is 1. The van der Waals surface area contributed by atoms with Crippen molar-refractivity contribution in [2.24, 2.45) is 5.73 Å². The minimum atomic E-state index is -0.518. The van der Waals surface area contributed by atoms with E-state index >= 15 is 0 Å². The average Bonchev–Trinajstić information content (AvgIpc) is 2.68. The van der Waals surface area contributed by atoms with E-state index in [0.717, 1.165) is 31.6 Å². The zero-order valence-corrected chi connectivity index (χ0v) is 15.3. The van der Waals surface area contributed by atoms with E-state index in [0.29, 0.717) is 17.2 Å². The van der Waals surface area contributed by atoms with Gasteiger partial charge in [-0.3, -0.25) is 9.69 Å². The van der Waals surface area contributed by atoms with Crippen LogP contribution in [0.1, 0.15) is 27.0 Å². The molecule has 142 valence electrons. The van der Waals surface area contributed by atoms with Gasteiger partial charge in [-0.25, -0.2) is 9.37 Å². The molecule has 1 aromatic heterocycles. The molecular weight excluding hydrogens is 357 g/mol. The van der Waals surface area contributed by atoms with E-state index in [2.05, 4.69) is 16.0 Å². The van der Waals surface area contributed by atoms with E-state index in [1.807, 2.05) is 18.2 Å². The first-order valence-corrected chi connectivity index (χ1v) is 9.09. The van der Waals surface area contributed by atoms with Gasteiger partial charge < -0.3 is 10.5 Å². The van der Waals surface area contributed by atoms with Crippen molar-refractivity contribution in [3.8, 4) is 11.6 Å². The van der Waals surface area contributed by atoms with E-state index in [1.54, 1.807) is 24.3 Å². The third-order valence-electron chi connectivity index (χ3n) is 4.81. The molecule has 4 rings (SSSR count). The summed E-state index contributed by atoms with van der Waals surface area (Å²) in [6.07, 6.45) is 2.30. The summed E-state index contributed by atoms with van der Waals surface area (Å²) in [5.41, 5.74) is 9.02. The number of carbonyl (C=O) groups excluding carboxylic acids is 1. The van der Waals surface area contributed by atoms with Crippen LogP contribution in [0.25, 0.3) is 0 Å². The number of benzene rings is 2. The van der Waals surface area contributed by atoms with Crippen molar-refractivity contribution < 1.29 is 13.9 Å². The number of nitrogens with two attached hydrogens (primary N) is 1. The van der Waals surface area contributed by atoms with E-state index < -0.39 is 5.91 Å². The first-order chi connectivity index (χ1) is 13.6. The van der Waals surface area contributed by atoms with Gasteiger partial charge in [0.15, 0.2) is 0 Å². The Morgan fingerprint density at radius 2 is 2.04 bits per heavy atom. The Labute approximate surface area is 162 Å². The van der Waals surface area contributed by atoms with Gasteiger partial charge in [-0.05, 0) is 53.4 Å². The molecule has 6 heteroatoms. The number of amides is 1. The Morgan fingerprint density at radius 3 is 2.79 bits per heavy atom. The van der Waals surface area contributed by atoms with Crippen LogP contribution in [0.4, 0.5) is 4.39 Å². The molecule has 0 bridgehead atoms. The molecule has 1 aliphatic heterocycles. The van der Waals surface area contributed by atoms with E-state index in [4.69, 9.17) is 10.5 Å². The van der Waals surface area contributed by atoms with Crippen LogP contribution < -0.4 is 10.5 Å². The Kier molecular flexibility index (Phi) is 5.04. The van der Waals surface area contributed by atoms with E-state index in [9.17, 15) is 9.18 Å². The number of hydrogen-bond donors (Lipinski definition) is 1. The lowest BCUT2D eigenvalue weighted by Crippen LogP contribution is -2.30. The quantitative estimate of drug-likeness (QED) is 0.737. The summed E-state index contributed by atoms with van der Waals surface area (Å²) in [5, 5.41) is 0. The van der Waals surface area contributed by atoms with Crippen LogP contribution in [0.5, 0.6) is 11.6 Å². The highest BCUT2D eigenvalue weighted by molar-refractivity contribution is 5.92. The van der Waals surface area contributed by atoms with Crippen molar-refractivity contribution >= 4 is 5.91 Å². The summed E-state index contributed by atoms with van der Waals surface area (Å²) in [6, 6.07) is 16.0. The number of primary amides is 1. The smallest absolute Gasteiger partial charge is 0.250 e. The fraction of sp³-hybridized carbons (Fsp3) is 0.182. The molecule has 5 nitrogen and oxygen atoms in total. The van der Waals surface area contributed by atoms with Gasteiger partial charge in [0.25, 0.3) is 0 Å². The van der Waals surface area contributed by atoms with Crippen molar-refractivity contribution in [3.63, 3.8) is 0 Å². The van der Waals surface area contributed by atoms with Gasteiger partial charge in [0.05, 0.1) is 5.56 Å². The normalized spacial score (nSPS) is 13.8. The lowest BCUT2D eigenvalue weighted by molar-refractivity contribution is 0.1000. The molecule has 0 radical (unpaired) electrons. The maximum atomic E-state index is 13.4. The molecule has 1 amide bonds. The average molecular weight is 377 g/mol. The predicted octanol–water partition coefficient (Wildman–Crippen LogP) is 3.67. The highest BCUT2D eigenvalue weighted by atomic mass is 19.1. The molecule has 1 aliphatic rings. The predicted molar refractivity (Wildman–Crippen MR) is 103 cm³/mol. The summed E-state index contributed by atoms with van der Waals surface area (Å²) in [5.74, 6) is 0.398. The van der Waals surface area contributed by atoms with Crippen LogP contribution in [-0.2, 0) is 19.5 Å². The van der Waals surface area contributed by atoms with Crippen LogP contribution >= 0.6 is 0 Å². The Morgan fingerprint density at radius 1 is 1.14 bits per heavy atom. The molecule has 0 saturated carbocycles. The summed E-state index contributed by atoms with van der Waals surface area (Å²) >= 11 is 0. The maximum absolute atomic E-state index is 13.4. The van der Waals surface area contributed by atoms with Gasteiger partial charge in [-0.15, -0.1) is 0 Å². The second-order valence-electron chi connectivity index (χ2n) is 6.87. The number of fused-ring (bicyclic) bond motifs is 1. The standard InChI is InChI=1S/C22H20FN3O2/c23-19-3-1-2-15(10-19)13-26-9-8-16-11-20(6-4-18(16)14-26)28-21-7-5-17(12-25-21)22(24)27/h1-7,10-12H,8-9,13-14H2,(H2,24,27). The highest BCUT2D eigenvalue weighted by Gasteiger charge is 2.17. The molecule has 0 unspecified atom stereocenters. The molecule has 0 fully saturated rings. The number of hydrogen-bond acceptors (Lipinski definition) is 4. The molecular formula is C22H20FN3O2. The van der Waals surface area contributed by atoms with Gasteiger partial charge in [0, 0.05) is 31.9 Å². The molecule has 2 aromatic carbocycles. The largest absolute Gasteiger partial charge is 0.439 e. The number of aromatic nitrogens is 1. The van der Waals surface area contributed by atoms with Crippen LogP contribution in [0.2, 0.25) is 0 Å². The van der Waals surface area contributed by atoms with Crippen LogP contribution in [0.15, 0.2) is 60.8 Å².